The molecule has 0 N–H and O–H groups in total. The van der Waals surface area contributed by atoms with Crippen molar-refractivity contribution in [3.05, 3.63) is 12.2 Å². The first-order valence-electron chi connectivity index (χ1n) is 7.42. The van der Waals surface area contributed by atoms with Gasteiger partial charge in [-0.2, -0.15) is 0 Å². The van der Waals surface area contributed by atoms with Crippen molar-refractivity contribution in [2.24, 2.45) is 29.6 Å². The van der Waals surface area contributed by atoms with Crippen LogP contribution in [0.25, 0.3) is 0 Å². The van der Waals surface area contributed by atoms with E-state index in [9.17, 15) is 4.79 Å². The van der Waals surface area contributed by atoms with Crippen molar-refractivity contribution < 1.29 is 9.53 Å². The van der Waals surface area contributed by atoms with Gasteiger partial charge in [-0.15, -0.1) is 0 Å². The zero-order valence-electron chi connectivity index (χ0n) is 11.7. The average Bonchev–Trinajstić information content (AvgIpc) is 2.89. The van der Waals surface area contributed by atoms with Gasteiger partial charge in [0.15, 0.2) is 0 Å². The minimum absolute atomic E-state index is 0.0173. The molecule has 0 heterocycles. The molecule has 2 fully saturated rings. The predicted octanol–water partition coefficient (Wildman–Crippen LogP) is 3.57. The number of rotatable bonds is 2. The molecular formula is C16H24O2. The Labute approximate surface area is 110 Å². The van der Waals surface area contributed by atoms with E-state index in [1.54, 1.807) is 0 Å². The summed E-state index contributed by atoms with van der Waals surface area (Å²) in [5.41, 5.74) is -0.214. The fourth-order valence-corrected chi connectivity index (χ4v) is 4.55. The molecule has 2 saturated carbocycles. The van der Waals surface area contributed by atoms with Crippen LogP contribution in [0.5, 0.6) is 0 Å². The van der Waals surface area contributed by atoms with E-state index in [2.05, 4.69) is 19.1 Å². The number of hydrogen-bond acceptors (Lipinski definition) is 2. The van der Waals surface area contributed by atoms with Gasteiger partial charge in [0.1, 0.15) is 5.60 Å². The van der Waals surface area contributed by atoms with Crippen molar-refractivity contribution in [3.8, 4) is 0 Å². The largest absolute Gasteiger partial charge is 0.459 e. The highest BCUT2D eigenvalue weighted by Gasteiger charge is 2.56. The maximum absolute atomic E-state index is 12.0. The smallest absolute Gasteiger partial charge is 0.308 e. The summed E-state index contributed by atoms with van der Waals surface area (Å²) in [6.45, 7) is 6.03. The summed E-state index contributed by atoms with van der Waals surface area (Å²) in [4.78, 5) is 12.0. The van der Waals surface area contributed by atoms with Crippen LogP contribution in [0.2, 0.25) is 0 Å². The van der Waals surface area contributed by atoms with Crippen LogP contribution in [-0.4, -0.2) is 11.6 Å². The molecule has 2 bridgehead atoms. The Hall–Kier alpha value is -0.790. The van der Waals surface area contributed by atoms with E-state index in [4.69, 9.17) is 4.74 Å². The minimum atomic E-state index is -0.214. The van der Waals surface area contributed by atoms with Gasteiger partial charge in [0, 0.05) is 5.92 Å². The van der Waals surface area contributed by atoms with Crippen LogP contribution in [-0.2, 0) is 9.53 Å². The Morgan fingerprint density at radius 1 is 1.33 bits per heavy atom. The van der Waals surface area contributed by atoms with E-state index in [1.165, 1.54) is 19.3 Å². The fourth-order valence-electron chi connectivity index (χ4n) is 4.55. The van der Waals surface area contributed by atoms with Gasteiger partial charge in [-0.1, -0.05) is 26.0 Å². The summed E-state index contributed by atoms with van der Waals surface area (Å²) in [6, 6.07) is 0. The monoisotopic (exact) mass is 248 g/mol. The molecule has 2 heteroatoms. The van der Waals surface area contributed by atoms with Crippen LogP contribution < -0.4 is 0 Å². The lowest BCUT2D eigenvalue weighted by atomic mass is 9.65. The highest BCUT2D eigenvalue weighted by molar-refractivity contribution is 5.72. The number of carbonyl (C=O) groups excluding carboxylic acids is 1. The second kappa shape index (κ2) is 4.11. The zero-order valence-corrected chi connectivity index (χ0v) is 11.7. The van der Waals surface area contributed by atoms with Gasteiger partial charge >= 0.3 is 5.97 Å². The molecule has 0 amide bonds. The summed E-state index contributed by atoms with van der Waals surface area (Å²) >= 11 is 0. The highest BCUT2D eigenvalue weighted by Crippen LogP contribution is 2.58. The first-order valence-corrected chi connectivity index (χ1v) is 7.42. The summed E-state index contributed by atoms with van der Waals surface area (Å²) in [6.07, 6.45) is 9.65. The Kier molecular flexibility index (Phi) is 2.80. The normalized spacial score (nSPS) is 45.3. The molecule has 5 atom stereocenters. The Bertz CT molecular complexity index is 385. The third kappa shape index (κ3) is 1.72. The van der Waals surface area contributed by atoms with Gasteiger partial charge in [0.2, 0.25) is 0 Å². The molecule has 2 nitrogen and oxygen atoms in total. The third-order valence-electron chi connectivity index (χ3n) is 5.34. The molecule has 0 saturated heterocycles. The van der Waals surface area contributed by atoms with E-state index in [0.29, 0.717) is 11.8 Å². The predicted molar refractivity (Wildman–Crippen MR) is 70.9 cm³/mol. The maximum Gasteiger partial charge on any atom is 0.308 e. The zero-order chi connectivity index (χ0) is 12.9. The van der Waals surface area contributed by atoms with E-state index in [-0.39, 0.29) is 17.5 Å². The van der Waals surface area contributed by atoms with Gasteiger partial charge in [-0.3, -0.25) is 4.79 Å². The molecule has 0 aromatic carbocycles. The standard InChI is InChI=1S/C16H24O2/c1-10(2)15(17)18-16(3)8-4-5-13-11-6-7-12(9-11)14(13)16/h6-7,10-14H,4-5,8-9H2,1-3H3. The Morgan fingerprint density at radius 2 is 2.06 bits per heavy atom. The molecule has 3 aliphatic carbocycles. The first kappa shape index (κ1) is 12.3. The van der Waals surface area contributed by atoms with Gasteiger partial charge in [-0.05, 0) is 50.4 Å². The molecule has 0 spiro atoms. The lowest BCUT2D eigenvalue weighted by Crippen LogP contribution is -2.48. The molecule has 3 aliphatic rings. The van der Waals surface area contributed by atoms with Gasteiger partial charge in [-0.25, -0.2) is 0 Å². The van der Waals surface area contributed by atoms with Crippen LogP contribution in [0.1, 0.15) is 46.5 Å². The van der Waals surface area contributed by atoms with Crippen molar-refractivity contribution in [1.82, 2.24) is 0 Å². The second-order valence-corrected chi connectivity index (χ2v) is 6.92. The van der Waals surface area contributed by atoms with Gasteiger partial charge in [0.25, 0.3) is 0 Å². The molecule has 0 aromatic heterocycles. The molecular weight excluding hydrogens is 224 g/mol. The highest BCUT2D eigenvalue weighted by atomic mass is 16.6. The van der Waals surface area contributed by atoms with E-state index in [1.807, 2.05) is 13.8 Å². The number of fused-ring (bicyclic) bond motifs is 5. The molecule has 0 aliphatic heterocycles. The van der Waals surface area contributed by atoms with Crippen molar-refractivity contribution >= 4 is 5.97 Å². The topological polar surface area (TPSA) is 26.3 Å². The summed E-state index contributed by atoms with van der Waals surface area (Å²) in [7, 11) is 0. The van der Waals surface area contributed by atoms with E-state index in [0.717, 1.165) is 18.3 Å². The number of ether oxygens (including phenoxy) is 1. The summed E-state index contributed by atoms with van der Waals surface area (Å²) < 4.78 is 5.93. The lowest BCUT2D eigenvalue weighted by Gasteiger charge is -2.46. The summed E-state index contributed by atoms with van der Waals surface area (Å²) in [5.74, 6) is 2.71. The summed E-state index contributed by atoms with van der Waals surface area (Å²) in [5, 5.41) is 0. The molecule has 18 heavy (non-hydrogen) atoms. The van der Waals surface area contributed by atoms with Crippen LogP contribution in [0.15, 0.2) is 12.2 Å². The average molecular weight is 248 g/mol. The molecule has 0 radical (unpaired) electrons. The van der Waals surface area contributed by atoms with Gasteiger partial charge in [0.05, 0.1) is 5.92 Å². The number of carbonyl (C=O) groups is 1. The molecule has 5 unspecified atom stereocenters. The Balaban J connectivity index is 1.82. The van der Waals surface area contributed by atoms with Crippen molar-refractivity contribution in [2.45, 2.75) is 52.1 Å². The molecule has 0 aromatic rings. The van der Waals surface area contributed by atoms with Crippen molar-refractivity contribution in [1.29, 1.82) is 0 Å². The maximum atomic E-state index is 12.0. The SMILES string of the molecule is CC(C)C(=O)OC1(C)CCCC2C3C=CC(C3)C21. The van der Waals surface area contributed by atoms with E-state index < -0.39 is 0 Å². The van der Waals surface area contributed by atoms with Crippen molar-refractivity contribution in [3.63, 3.8) is 0 Å². The van der Waals surface area contributed by atoms with Crippen molar-refractivity contribution in [2.75, 3.05) is 0 Å². The lowest BCUT2D eigenvalue weighted by molar-refractivity contribution is -0.176. The van der Waals surface area contributed by atoms with Gasteiger partial charge < -0.3 is 4.74 Å². The fraction of sp³-hybridized carbons (Fsp3) is 0.812. The second-order valence-electron chi connectivity index (χ2n) is 6.92. The van der Waals surface area contributed by atoms with Crippen LogP contribution in [0.4, 0.5) is 0 Å². The van der Waals surface area contributed by atoms with Crippen LogP contribution in [0.3, 0.4) is 0 Å². The first-order chi connectivity index (χ1) is 8.51. The number of esters is 1. The number of allylic oxidation sites excluding steroid dienone is 2. The molecule has 3 rings (SSSR count). The quantitative estimate of drug-likeness (QED) is 0.551. The van der Waals surface area contributed by atoms with Crippen LogP contribution in [0, 0.1) is 29.6 Å². The Morgan fingerprint density at radius 3 is 2.78 bits per heavy atom. The number of hydrogen-bond donors (Lipinski definition) is 0. The minimum Gasteiger partial charge on any atom is -0.459 e. The van der Waals surface area contributed by atoms with E-state index >= 15 is 0 Å². The molecule has 100 valence electrons. The van der Waals surface area contributed by atoms with Crippen LogP contribution >= 0.6 is 0 Å². The third-order valence-corrected chi connectivity index (χ3v) is 5.34.